The molecular formula is C23H25FN7O2P. The van der Waals surface area contributed by atoms with E-state index in [0.717, 1.165) is 31.9 Å². The molecule has 11 heteroatoms. The maximum absolute atomic E-state index is 14.5. The summed E-state index contributed by atoms with van der Waals surface area (Å²) in [6, 6.07) is 4.79. The molecule has 9 nitrogen and oxygen atoms in total. The highest BCUT2D eigenvalue weighted by Crippen LogP contribution is 2.35. The predicted molar refractivity (Wildman–Crippen MR) is 132 cm³/mol. The maximum atomic E-state index is 14.5. The molecule has 34 heavy (non-hydrogen) atoms. The Bertz CT molecular complexity index is 1470. The molecule has 3 aromatic heterocycles. The largest absolute Gasteiger partial charge is 0.367 e. The van der Waals surface area contributed by atoms with Gasteiger partial charge in [-0.2, -0.15) is 0 Å². The summed E-state index contributed by atoms with van der Waals surface area (Å²) >= 11 is 0. The van der Waals surface area contributed by atoms with Gasteiger partial charge in [0, 0.05) is 44.6 Å². The van der Waals surface area contributed by atoms with Crippen molar-refractivity contribution in [3.63, 3.8) is 0 Å². The number of benzene rings is 1. The number of carbonyl (C=O) groups excluding carboxylic acids is 1. The van der Waals surface area contributed by atoms with Crippen LogP contribution in [0.3, 0.4) is 0 Å². The van der Waals surface area contributed by atoms with Crippen LogP contribution in [0.25, 0.3) is 16.7 Å². The van der Waals surface area contributed by atoms with E-state index < -0.39 is 18.9 Å². The first-order valence-corrected chi connectivity index (χ1v) is 13.6. The molecule has 0 saturated carbocycles. The summed E-state index contributed by atoms with van der Waals surface area (Å²) in [7, 11) is -2.66. The Morgan fingerprint density at radius 1 is 1.15 bits per heavy atom. The highest BCUT2D eigenvalue weighted by atomic mass is 31.2. The standard InChI is InChI=1S/C23H25FN7O2P/c1-14-12-31-13-15(10-17(24)22(31)27-14)28-23(32)16-4-5-18(30-8-6-25-7-9-30)21-20(16)26-11-19(29-21)34(2,3)33/h4-5,10-13,25H,6-9H2,1-3H3,(H,28,32). The van der Waals surface area contributed by atoms with Crippen molar-refractivity contribution in [2.24, 2.45) is 0 Å². The number of hydrogen-bond donors (Lipinski definition) is 2. The van der Waals surface area contributed by atoms with Crippen LogP contribution < -0.4 is 21.0 Å². The molecule has 1 aromatic carbocycles. The smallest absolute Gasteiger partial charge is 0.257 e. The SMILES string of the molecule is Cc1cn2cc(NC(=O)c3ccc(N4CCNCC4)c4nc(P(C)(C)=O)cnc34)cc(F)c2n1. The third-order valence-corrected chi connectivity index (χ3v) is 7.12. The molecule has 4 aromatic rings. The third-order valence-electron chi connectivity index (χ3n) is 5.80. The molecule has 176 valence electrons. The second-order valence-electron chi connectivity index (χ2n) is 8.79. The molecule has 0 unspecified atom stereocenters. The van der Waals surface area contributed by atoms with Gasteiger partial charge < -0.3 is 24.5 Å². The number of imidazole rings is 1. The summed E-state index contributed by atoms with van der Waals surface area (Å²) in [6.07, 6.45) is 4.77. The molecule has 0 radical (unpaired) electrons. The number of rotatable bonds is 4. The number of nitrogens with one attached hydrogen (secondary N) is 2. The molecule has 1 saturated heterocycles. The Kier molecular flexibility index (Phi) is 5.58. The molecule has 2 N–H and O–H groups in total. The van der Waals surface area contributed by atoms with E-state index in [4.69, 9.17) is 0 Å². The van der Waals surface area contributed by atoms with E-state index >= 15 is 0 Å². The average molecular weight is 481 g/mol. The summed E-state index contributed by atoms with van der Waals surface area (Å²) in [5.74, 6) is -0.971. The van der Waals surface area contributed by atoms with Crippen LogP contribution in [0.1, 0.15) is 16.1 Å². The van der Waals surface area contributed by atoms with Gasteiger partial charge in [0.15, 0.2) is 11.5 Å². The van der Waals surface area contributed by atoms with Crippen LogP contribution in [0.2, 0.25) is 0 Å². The number of aromatic nitrogens is 4. The van der Waals surface area contributed by atoms with Gasteiger partial charge in [-0.05, 0) is 32.4 Å². The van der Waals surface area contributed by atoms with Gasteiger partial charge in [-0.1, -0.05) is 0 Å². The lowest BCUT2D eigenvalue weighted by molar-refractivity contribution is 0.102. The predicted octanol–water partition coefficient (Wildman–Crippen LogP) is 2.63. The molecule has 4 heterocycles. The summed E-state index contributed by atoms with van der Waals surface area (Å²) in [4.78, 5) is 28.8. The van der Waals surface area contributed by atoms with Crippen LogP contribution in [0.5, 0.6) is 0 Å². The number of nitrogens with zero attached hydrogens (tertiary/aromatic N) is 5. The van der Waals surface area contributed by atoms with Gasteiger partial charge in [0.1, 0.15) is 23.6 Å². The van der Waals surface area contributed by atoms with Crippen LogP contribution >= 0.6 is 7.14 Å². The van der Waals surface area contributed by atoms with Crippen LogP contribution in [0.4, 0.5) is 15.8 Å². The van der Waals surface area contributed by atoms with E-state index in [1.807, 2.05) is 6.07 Å². The summed E-state index contributed by atoms with van der Waals surface area (Å²) in [5, 5.41) is 6.08. The topological polar surface area (TPSA) is 105 Å². The number of anilines is 2. The van der Waals surface area contributed by atoms with Gasteiger partial charge in [-0.3, -0.25) is 9.78 Å². The van der Waals surface area contributed by atoms with Gasteiger partial charge in [0.25, 0.3) is 5.91 Å². The zero-order valence-electron chi connectivity index (χ0n) is 19.2. The summed E-state index contributed by atoms with van der Waals surface area (Å²) in [5.41, 5.74) is 3.67. The Balaban J connectivity index is 1.57. The second kappa shape index (κ2) is 8.45. The molecule has 1 aliphatic heterocycles. The van der Waals surface area contributed by atoms with Crippen LogP contribution in [0.15, 0.2) is 36.8 Å². The first kappa shape index (κ1) is 22.4. The van der Waals surface area contributed by atoms with E-state index in [1.54, 1.807) is 38.7 Å². The molecule has 5 rings (SSSR count). The van der Waals surface area contributed by atoms with Gasteiger partial charge in [0.2, 0.25) is 0 Å². The minimum absolute atomic E-state index is 0.197. The number of hydrogen-bond acceptors (Lipinski definition) is 7. The lowest BCUT2D eigenvalue weighted by atomic mass is 10.1. The fourth-order valence-corrected chi connectivity index (χ4v) is 4.80. The minimum atomic E-state index is -2.66. The monoisotopic (exact) mass is 481 g/mol. The number of carbonyl (C=O) groups is 1. The van der Waals surface area contributed by atoms with E-state index in [-0.39, 0.29) is 5.65 Å². The van der Waals surface area contributed by atoms with Gasteiger partial charge >= 0.3 is 0 Å². The number of halogens is 1. The number of fused-ring (bicyclic) bond motifs is 2. The van der Waals surface area contributed by atoms with Gasteiger partial charge in [-0.25, -0.2) is 14.4 Å². The van der Waals surface area contributed by atoms with Crippen molar-refractivity contribution >= 4 is 46.5 Å². The molecule has 0 aliphatic carbocycles. The highest BCUT2D eigenvalue weighted by Gasteiger charge is 2.23. The van der Waals surface area contributed by atoms with Crippen molar-refractivity contribution in [2.45, 2.75) is 6.92 Å². The van der Waals surface area contributed by atoms with Crippen molar-refractivity contribution in [1.29, 1.82) is 0 Å². The summed E-state index contributed by atoms with van der Waals surface area (Å²) in [6.45, 7) is 8.30. The van der Waals surface area contributed by atoms with Crippen molar-refractivity contribution in [1.82, 2.24) is 24.7 Å². The van der Waals surface area contributed by atoms with Crippen molar-refractivity contribution < 1.29 is 13.8 Å². The Hall–Kier alpha value is -3.36. The fourth-order valence-electron chi connectivity index (χ4n) is 4.13. The van der Waals surface area contributed by atoms with Crippen LogP contribution in [-0.2, 0) is 4.57 Å². The third kappa shape index (κ3) is 4.15. The second-order valence-corrected chi connectivity index (χ2v) is 11.9. The van der Waals surface area contributed by atoms with Crippen molar-refractivity contribution in [2.75, 3.05) is 49.7 Å². The molecule has 1 amide bonds. The minimum Gasteiger partial charge on any atom is -0.367 e. The van der Waals surface area contributed by atoms with Gasteiger partial charge in [-0.15, -0.1) is 0 Å². The normalized spacial score (nSPS) is 14.6. The van der Waals surface area contributed by atoms with E-state index in [2.05, 4.69) is 30.5 Å². The van der Waals surface area contributed by atoms with E-state index in [1.165, 1.54) is 16.7 Å². The Morgan fingerprint density at radius 3 is 2.65 bits per heavy atom. The lowest BCUT2D eigenvalue weighted by Gasteiger charge is -2.30. The highest BCUT2D eigenvalue weighted by molar-refractivity contribution is 7.69. The Morgan fingerprint density at radius 2 is 1.91 bits per heavy atom. The fraction of sp³-hybridized carbons (Fsp3) is 0.304. The average Bonchev–Trinajstić information content (AvgIpc) is 3.18. The van der Waals surface area contributed by atoms with Crippen molar-refractivity contribution in [3.8, 4) is 0 Å². The van der Waals surface area contributed by atoms with Gasteiger partial charge in [0.05, 0.1) is 28.8 Å². The Labute approximate surface area is 195 Å². The number of amides is 1. The molecular weight excluding hydrogens is 456 g/mol. The quantitative estimate of drug-likeness (QED) is 0.432. The zero-order valence-corrected chi connectivity index (χ0v) is 20.1. The molecule has 0 atom stereocenters. The molecule has 0 bridgehead atoms. The van der Waals surface area contributed by atoms with Crippen LogP contribution in [-0.4, -0.2) is 64.8 Å². The summed E-state index contributed by atoms with van der Waals surface area (Å²) < 4.78 is 28.7. The molecule has 0 spiro atoms. The van der Waals surface area contributed by atoms with E-state index in [0.29, 0.717) is 33.4 Å². The lowest BCUT2D eigenvalue weighted by Crippen LogP contribution is -2.43. The molecule has 1 fully saturated rings. The molecule has 1 aliphatic rings. The maximum Gasteiger partial charge on any atom is 0.257 e. The number of piperazine rings is 1. The first-order valence-electron chi connectivity index (χ1n) is 11.0. The van der Waals surface area contributed by atoms with Crippen molar-refractivity contribution in [3.05, 3.63) is 53.9 Å². The first-order chi connectivity index (χ1) is 16.2. The van der Waals surface area contributed by atoms with Crippen LogP contribution in [0, 0.1) is 12.7 Å². The number of pyridine rings is 1. The van der Waals surface area contributed by atoms with E-state index in [9.17, 15) is 13.8 Å². The number of aryl methyl sites for hydroxylation is 1. The zero-order chi connectivity index (χ0) is 24.0.